The predicted octanol–water partition coefficient (Wildman–Crippen LogP) is 0.736. The normalized spacial score (nSPS) is 17.8. The van der Waals surface area contributed by atoms with Gasteiger partial charge in [0.05, 0.1) is 17.8 Å². The van der Waals surface area contributed by atoms with Crippen LogP contribution in [0.2, 0.25) is 0 Å². The topological polar surface area (TPSA) is 110 Å². The number of nitrogens with one attached hydrogen (secondary N) is 2. The summed E-state index contributed by atoms with van der Waals surface area (Å²) in [5, 5.41) is 11.0. The second-order valence-corrected chi connectivity index (χ2v) is 9.82. The van der Waals surface area contributed by atoms with E-state index in [-0.39, 0.29) is 36.6 Å². The monoisotopic (exact) mass is 514 g/mol. The number of sulfone groups is 1. The Kier molecular flexibility index (Phi) is 8.93. The number of nitrogens with zero attached hydrogens (tertiary/aromatic N) is 4. The van der Waals surface area contributed by atoms with E-state index in [1.54, 1.807) is 21.0 Å². The fourth-order valence-electron chi connectivity index (χ4n) is 2.57. The highest BCUT2D eigenvalue weighted by atomic mass is 127. The molecule has 0 radical (unpaired) electrons. The van der Waals surface area contributed by atoms with Crippen LogP contribution >= 0.6 is 24.0 Å². The fraction of sp³-hybridized carbons (Fsp3) is 0.812. The average Bonchev–Trinajstić information content (AvgIpc) is 2.94. The molecule has 0 fully saturated rings. The third-order valence-electron chi connectivity index (χ3n) is 4.48. The SMILES string of the molecule is CCNC(=NCC(C)(C)S(C)(=O)=O)NC1CCc2nc(COC)nn2C1.I. The zero-order valence-electron chi connectivity index (χ0n) is 16.7. The summed E-state index contributed by atoms with van der Waals surface area (Å²) < 4.78 is 29.8. The van der Waals surface area contributed by atoms with Gasteiger partial charge in [0.2, 0.25) is 0 Å². The van der Waals surface area contributed by atoms with Crippen LogP contribution in [-0.2, 0) is 34.1 Å². The van der Waals surface area contributed by atoms with Gasteiger partial charge < -0.3 is 15.4 Å². The van der Waals surface area contributed by atoms with Crippen molar-refractivity contribution >= 4 is 39.8 Å². The zero-order valence-corrected chi connectivity index (χ0v) is 19.8. The van der Waals surface area contributed by atoms with Gasteiger partial charge in [0, 0.05) is 32.4 Å². The molecule has 2 heterocycles. The summed E-state index contributed by atoms with van der Waals surface area (Å²) in [4.78, 5) is 8.96. The second kappa shape index (κ2) is 10.0. The Morgan fingerprint density at radius 1 is 1.44 bits per heavy atom. The predicted molar refractivity (Wildman–Crippen MR) is 116 cm³/mol. The van der Waals surface area contributed by atoms with Crippen LogP contribution in [0, 0.1) is 0 Å². The standard InChI is InChI=1S/C16H30N6O3S.HI/c1-6-17-15(18-11-16(2,3)26(5,23)24)19-12-7-8-14-20-13(10-25-4)21-22(14)9-12;/h12H,6-11H2,1-5H3,(H2,17,18,19);1H. The van der Waals surface area contributed by atoms with Gasteiger partial charge in [-0.15, -0.1) is 24.0 Å². The van der Waals surface area contributed by atoms with Gasteiger partial charge in [-0.05, 0) is 27.2 Å². The summed E-state index contributed by atoms with van der Waals surface area (Å²) in [6.45, 7) is 7.34. The number of hydrogen-bond acceptors (Lipinski definition) is 6. The van der Waals surface area contributed by atoms with Crippen LogP contribution in [0.15, 0.2) is 4.99 Å². The van der Waals surface area contributed by atoms with E-state index in [1.165, 1.54) is 6.26 Å². The number of rotatable bonds is 7. The lowest BCUT2D eigenvalue weighted by Crippen LogP contribution is -2.48. The molecule has 1 aliphatic rings. The van der Waals surface area contributed by atoms with Crippen molar-refractivity contribution in [3.63, 3.8) is 0 Å². The molecule has 1 aliphatic heterocycles. The van der Waals surface area contributed by atoms with Gasteiger partial charge in [-0.1, -0.05) is 0 Å². The Morgan fingerprint density at radius 2 is 2.15 bits per heavy atom. The maximum Gasteiger partial charge on any atom is 0.191 e. The number of methoxy groups -OCH3 is 1. The minimum absolute atomic E-state index is 0. The van der Waals surface area contributed by atoms with Crippen LogP contribution in [0.25, 0.3) is 0 Å². The van der Waals surface area contributed by atoms with E-state index in [2.05, 4.69) is 25.7 Å². The van der Waals surface area contributed by atoms with E-state index in [1.807, 2.05) is 11.6 Å². The van der Waals surface area contributed by atoms with Gasteiger partial charge >= 0.3 is 0 Å². The number of ether oxygens (including phenoxy) is 1. The number of halogens is 1. The van der Waals surface area contributed by atoms with Crippen molar-refractivity contribution in [2.45, 2.75) is 57.6 Å². The van der Waals surface area contributed by atoms with Crippen LogP contribution in [0.3, 0.4) is 0 Å². The lowest BCUT2D eigenvalue weighted by Gasteiger charge is -2.26. The first kappa shape index (κ1) is 24.1. The molecule has 2 rings (SSSR count). The number of fused-ring (bicyclic) bond motifs is 1. The first-order chi connectivity index (χ1) is 12.2. The highest BCUT2D eigenvalue weighted by molar-refractivity contribution is 14.0. The maximum atomic E-state index is 11.9. The Hall–Kier alpha value is -0.950. The molecule has 0 spiro atoms. The van der Waals surface area contributed by atoms with E-state index in [0.29, 0.717) is 31.5 Å². The summed E-state index contributed by atoms with van der Waals surface area (Å²) in [5.41, 5.74) is 0. The lowest BCUT2D eigenvalue weighted by molar-refractivity contribution is 0.177. The van der Waals surface area contributed by atoms with Gasteiger partial charge in [0.15, 0.2) is 21.6 Å². The number of aliphatic imine (C=N–C) groups is 1. The third-order valence-corrected chi connectivity index (χ3v) is 6.62. The minimum Gasteiger partial charge on any atom is -0.377 e. The molecule has 0 saturated carbocycles. The smallest absolute Gasteiger partial charge is 0.191 e. The van der Waals surface area contributed by atoms with Crippen molar-refractivity contribution in [2.75, 3.05) is 26.5 Å². The molecule has 27 heavy (non-hydrogen) atoms. The maximum absolute atomic E-state index is 11.9. The van der Waals surface area contributed by atoms with Crippen molar-refractivity contribution in [2.24, 2.45) is 4.99 Å². The molecule has 0 aliphatic carbocycles. The van der Waals surface area contributed by atoms with Crippen LogP contribution in [-0.4, -0.2) is 66.4 Å². The van der Waals surface area contributed by atoms with Crippen LogP contribution < -0.4 is 10.6 Å². The van der Waals surface area contributed by atoms with Gasteiger partial charge in [-0.25, -0.2) is 18.1 Å². The van der Waals surface area contributed by atoms with Crippen LogP contribution in [0.5, 0.6) is 0 Å². The molecule has 0 amide bonds. The van der Waals surface area contributed by atoms with Gasteiger partial charge in [0.1, 0.15) is 12.4 Å². The highest BCUT2D eigenvalue weighted by Gasteiger charge is 2.30. The minimum atomic E-state index is -3.19. The van der Waals surface area contributed by atoms with Crippen molar-refractivity contribution in [1.29, 1.82) is 0 Å². The fourth-order valence-corrected chi connectivity index (χ4v) is 2.87. The third kappa shape index (κ3) is 6.56. The Morgan fingerprint density at radius 3 is 2.74 bits per heavy atom. The molecule has 1 aromatic rings. The second-order valence-electron chi connectivity index (χ2n) is 7.17. The van der Waals surface area contributed by atoms with E-state index < -0.39 is 14.6 Å². The van der Waals surface area contributed by atoms with Crippen LogP contribution in [0.1, 0.15) is 38.8 Å². The Balaban J connectivity index is 0.00000364. The molecule has 1 aromatic heterocycles. The number of aromatic nitrogens is 3. The highest BCUT2D eigenvalue weighted by Crippen LogP contribution is 2.16. The summed E-state index contributed by atoms with van der Waals surface area (Å²) in [5.74, 6) is 2.28. The molecule has 2 N–H and O–H groups in total. The van der Waals surface area contributed by atoms with Crippen molar-refractivity contribution < 1.29 is 13.2 Å². The summed E-state index contributed by atoms with van der Waals surface area (Å²) in [7, 11) is -1.56. The van der Waals surface area contributed by atoms with E-state index in [9.17, 15) is 8.42 Å². The van der Waals surface area contributed by atoms with E-state index >= 15 is 0 Å². The molecule has 11 heteroatoms. The number of aryl methyl sites for hydroxylation is 1. The molecule has 9 nitrogen and oxygen atoms in total. The quantitative estimate of drug-likeness (QED) is 0.314. The first-order valence-corrected chi connectivity index (χ1v) is 10.7. The number of guanidine groups is 1. The van der Waals surface area contributed by atoms with Gasteiger partial charge in [-0.2, -0.15) is 5.10 Å². The van der Waals surface area contributed by atoms with Gasteiger partial charge in [0.25, 0.3) is 0 Å². The first-order valence-electron chi connectivity index (χ1n) is 8.82. The molecule has 156 valence electrons. The summed E-state index contributed by atoms with van der Waals surface area (Å²) in [6, 6.07) is 0.152. The van der Waals surface area contributed by atoms with Crippen molar-refractivity contribution in [3.05, 3.63) is 11.6 Å². The zero-order chi connectivity index (χ0) is 19.4. The average molecular weight is 514 g/mol. The molecule has 0 bridgehead atoms. The lowest BCUT2D eigenvalue weighted by atomic mass is 10.1. The van der Waals surface area contributed by atoms with Crippen LogP contribution in [0.4, 0.5) is 0 Å². The molecule has 1 atom stereocenters. The molecular weight excluding hydrogens is 483 g/mol. The van der Waals surface area contributed by atoms with Crippen molar-refractivity contribution in [1.82, 2.24) is 25.4 Å². The molecule has 0 saturated heterocycles. The number of hydrogen-bond donors (Lipinski definition) is 2. The van der Waals surface area contributed by atoms with E-state index in [0.717, 1.165) is 18.7 Å². The van der Waals surface area contributed by atoms with Crippen molar-refractivity contribution in [3.8, 4) is 0 Å². The summed E-state index contributed by atoms with van der Waals surface area (Å²) >= 11 is 0. The molecule has 0 aromatic carbocycles. The molecule has 1 unspecified atom stereocenters. The Bertz CT molecular complexity index is 747. The Labute approximate surface area is 178 Å². The van der Waals surface area contributed by atoms with E-state index in [4.69, 9.17) is 4.74 Å². The largest absolute Gasteiger partial charge is 0.377 e. The molecular formula is C16H31IN6O3S. The summed E-state index contributed by atoms with van der Waals surface area (Å²) in [6.07, 6.45) is 2.97. The van der Waals surface area contributed by atoms with Gasteiger partial charge in [-0.3, -0.25) is 4.99 Å².